The maximum Gasteiger partial charge on any atom is 0.256 e. The topological polar surface area (TPSA) is 84.5 Å². The predicted octanol–water partition coefficient (Wildman–Crippen LogP) is 2.05. The predicted molar refractivity (Wildman–Crippen MR) is 109 cm³/mol. The lowest BCUT2D eigenvalue weighted by molar-refractivity contribution is 0.0953. The lowest BCUT2D eigenvalue weighted by Gasteiger charge is -2.26. The molecule has 8 nitrogen and oxygen atoms in total. The molecule has 1 atom stereocenters. The van der Waals surface area contributed by atoms with Gasteiger partial charge in [-0.25, -0.2) is 13.9 Å². The van der Waals surface area contributed by atoms with Crippen molar-refractivity contribution in [2.24, 2.45) is 13.0 Å². The van der Waals surface area contributed by atoms with Gasteiger partial charge in [-0.1, -0.05) is 0 Å². The van der Waals surface area contributed by atoms with Crippen LogP contribution in [0, 0.1) is 11.7 Å². The number of carbonyl (C=O) groups is 1. The molecule has 5 rings (SSSR count). The zero-order chi connectivity index (χ0) is 20.8. The molecule has 1 aliphatic heterocycles. The molecular weight excluding hydrogens is 387 g/mol. The van der Waals surface area contributed by atoms with Gasteiger partial charge in [-0.05, 0) is 43.7 Å². The number of nitrogens with one attached hydrogen (secondary N) is 1. The van der Waals surface area contributed by atoms with Gasteiger partial charge in [-0.15, -0.1) is 0 Å². The molecule has 9 heteroatoms. The molecular formula is C21H23FN6O2. The van der Waals surface area contributed by atoms with Crippen molar-refractivity contribution in [2.45, 2.75) is 31.7 Å². The Balaban J connectivity index is 1.48. The number of nitrogens with zero attached hydrogens (tertiary/aromatic N) is 5. The van der Waals surface area contributed by atoms with E-state index in [0.29, 0.717) is 41.6 Å². The first-order chi connectivity index (χ1) is 14.5. The molecule has 1 N–H and O–H groups in total. The van der Waals surface area contributed by atoms with Gasteiger partial charge in [0, 0.05) is 38.1 Å². The number of carbonyl (C=O) groups excluding carboxylic acids is 1. The van der Waals surface area contributed by atoms with Crippen LogP contribution in [0.15, 0.2) is 35.5 Å². The molecule has 3 aromatic heterocycles. The summed E-state index contributed by atoms with van der Waals surface area (Å²) in [5.41, 5.74) is 1.11. The van der Waals surface area contributed by atoms with Crippen molar-refractivity contribution in [3.05, 3.63) is 58.0 Å². The quantitative estimate of drug-likeness (QED) is 0.696. The van der Waals surface area contributed by atoms with Gasteiger partial charge in [-0.2, -0.15) is 5.10 Å². The van der Waals surface area contributed by atoms with Crippen molar-refractivity contribution in [2.75, 3.05) is 18.0 Å². The van der Waals surface area contributed by atoms with Crippen LogP contribution >= 0.6 is 0 Å². The molecule has 1 aliphatic carbocycles. The largest absolute Gasteiger partial charge is 0.352 e. The average molecular weight is 410 g/mol. The zero-order valence-corrected chi connectivity index (χ0v) is 16.7. The lowest BCUT2D eigenvalue weighted by atomic mass is 10.1. The third-order valence-corrected chi connectivity index (χ3v) is 5.93. The zero-order valence-electron chi connectivity index (χ0n) is 16.7. The van der Waals surface area contributed by atoms with Crippen molar-refractivity contribution >= 4 is 17.4 Å². The van der Waals surface area contributed by atoms with E-state index in [2.05, 4.69) is 10.4 Å². The number of aromatic nitrogens is 4. The van der Waals surface area contributed by atoms with Crippen LogP contribution in [0.5, 0.6) is 0 Å². The van der Waals surface area contributed by atoms with Crippen molar-refractivity contribution in [3.63, 3.8) is 0 Å². The second-order valence-corrected chi connectivity index (χ2v) is 8.15. The molecule has 1 amide bonds. The van der Waals surface area contributed by atoms with Gasteiger partial charge in [-0.3, -0.25) is 9.59 Å². The van der Waals surface area contributed by atoms with Gasteiger partial charge in [0.25, 0.3) is 11.5 Å². The van der Waals surface area contributed by atoms with Crippen LogP contribution in [0.2, 0.25) is 0 Å². The average Bonchev–Trinajstić information content (AvgIpc) is 3.26. The van der Waals surface area contributed by atoms with Gasteiger partial charge < -0.3 is 14.8 Å². The first-order valence-electron chi connectivity index (χ1n) is 10.3. The number of halogens is 1. The molecule has 0 aromatic carbocycles. The molecule has 0 radical (unpaired) electrons. The first-order valence-corrected chi connectivity index (χ1v) is 10.3. The molecule has 1 saturated carbocycles. The maximum absolute atomic E-state index is 14.0. The molecule has 0 spiro atoms. The van der Waals surface area contributed by atoms with Crippen LogP contribution in [0.3, 0.4) is 0 Å². The fraction of sp³-hybridized carbons (Fsp3) is 0.429. The highest BCUT2D eigenvalue weighted by molar-refractivity contribution is 5.99. The maximum atomic E-state index is 14.0. The molecule has 4 heterocycles. The number of hydrogen-bond acceptors (Lipinski definition) is 5. The smallest absolute Gasteiger partial charge is 0.256 e. The van der Waals surface area contributed by atoms with Crippen LogP contribution in [0.25, 0.3) is 5.65 Å². The normalized spacial score (nSPS) is 18.9. The van der Waals surface area contributed by atoms with E-state index in [-0.39, 0.29) is 17.5 Å². The Bertz CT molecular complexity index is 1180. The van der Waals surface area contributed by atoms with Gasteiger partial charge in [0.2, 0.25) is 0 Å². The second kappa shape index (κ2) is 7.23. The number of fused-ring (bicyclic) bond motifs is 1. The summed E-state index contributed by atoms with van der Waals surface area (Å²) < 4.78 is 16.8. The van der Waals surface area contributed by atoms with Crippen LogP contribution in [-0.2, 0) is 7.05 Å². The third-order valence-electron chi connectivity index (χ3n) is 5.93. The van der Waals surface area contributed by atoms with Crippen molar-refractivity contribution in [3.8, 4) is 0 Å². The van der Waals surface area contributed by atoms with E-state index in [0.717, 1.165) is 25.7 Å². The lowest BCUT2D eigenvalue weighted by Crippen LogP contribution is -2.31. The van der Waals surface area contributed by atoms with Crippen molar-refractivity contribution in [1.29, 1.82) is 0 Å². The number of pyridine rings is 1. The summed E-state index contributed by atoms with van der Waals surface area (Å²) in [5, 5.41) is 7.19. The second-order valence-electron chi connectivity index (χ2n) is 8.15. The van der Waals surface area contributed by atoms with Gasteiger partial charge in [0.05, 0.1) is 12.2 Å². The number of amides is 1. The van der Waals surface area contributed by atoms with E-state index >= 15 is 0 Å². The fourth-order valence-corrected chi connectivity index (χ4v) is 4.13. The Morgan fingerprint density at radius 1 is 1.33 bits per heavy atom. The van der Waals surface area contributed by atoms with E-state index in [9.17, 15) is 14.0 Å². The Kier molecular flexibility index (Phi) is 4.52. The van der Waals surface area contributed by atoms with Gasteiger partial charge >= 0.3 is 0 Å². The summed E-state index contributed by atoms with van der Waals surface area (Å²) in [6, 6.07) is 2.87. The number of rotatable bonds is 5. The summed E-state index contributed by atoms with van der Waals surface area (Å²) in [6.07, 6.45) is 8.39. The minimum atomic E-state index is -0.437. The summed E-state index contributed by atoms with van der Waals surface area (Å²) in [5.74, 6) is 0.609. The van der Waals surface area contributed by atoms with E-state index in [4.69, 9.17) is 4.98 Å². The molecule has 1 unspecified atom stereocenters. The Hall–Kier alpha value is -3.23. The standard InChI is InChI=1S/C21H23FN6O2/c1-26-12-14(22)9-15(21(26)30)17-3-2-7-27(17)18-6-8-28-19(25-18)16(11-24-28)20(29)23-10-13-4-5-13/h6,8-9,11-13,17H,2-5,7,10H2,1H3,(H,23,29). The van der Waals surface area contributed by atoms with Crippen LogP contribution in [0.4, 0.5) is 10.2 Å². The summed E-state index contributed by atoms with van der Waals surface area (Å²) in [4.78, 5) is 31.9. The Morgan fingerprint density at radius 3 is 2.97 bits per heavy atom. The highest BCUT2D eigenvalue weighted by Gasteiger charge is 2.30. The van der Waals surface area contributed by atoms with E-state index < -0.39 is 5.82 Å². The molecule has 0 bridgehead atoms. The summed E-state index contributed by atoms with van der Waals surface area (Å²) >= 11 is 0. The monoisotopic (exact) mass is 410 g/mol. The SMILES string of the molecule is Cn1cc(F)cc(C2CCCN2c2ccn3ncc(C(=O)NCC4CC4)c3n2)c1=O. The number of hydrogen-bond donors (Lipinski definition) is 1. The summed E-state index contributed by atoms with van der Waals surface area (Å²) in [7, 11) is 1.55. The van der Waals surface area contributed by atoms with Crippen LogP contribution in [0.1, 0.15) is 47.6 Å². The molecule has 30 heavy (non-hydrogen) atoms. The fourth-order valence-electron chi connectivity index (χ4n) is 4.13. The van der Waals surface area contributed by atoms with E-state index in [1.807, 2.05) is 11.0 Å². The third kappa shape index (κ3) is 3.34. The minimum absolute atomic E-state index is 0.182. The summed E-state index contributed by atoms with van der Waals surface area (Å²) in [6.45, 7) is 1.37. The number of anilines is 1. The molecule has 3 aromatic rings. The van der Waals surface area contributed by atoms with Crippen LogP contribution < -0.4 is 15.8 Å². The van der Waals surface area contributed by atoms with Crippen molar-refractivity contribution < 1.29 is 9.18 Å². The van der Waals surface area contributed by atoms with E-state index in [1.165, 1.54) is 23.0 Å². The minimum Gasteiger partial charge on any atom is -0.352 e. The molecule has 2 fully saturated rings. The van der Waals surface area contributed by atoms with E-state index in [1.54, 1.807) is 17.8 Å². The number of aryl methyl sites for hydroxylation is 1. The van der Waals surface area contributed by atoms with Crippen molar-refractivity contribution in [1.82, 2.24) is 24.5 Å². The van der Waals surface area contributed by atoms with Crippen LogP contribution in [-0.4, -0.2) is 38.2 Å². The molecule has 1 saturated heterocycles. The highest BCUT2D eigenvalue weighted by atomic mass is 19.1. The Morgan fingerprint density at radius 2 is 2.17 bits per heavy atom. The van der Waals surface area contributed by atoms with Gasteiger partial charge in [0.15, 0.2) is 5.65 Å². The Labute approximate surface area is 172 Å². The van der Waals surface area contributed by atoms with Gasteiger partial charge in [0.1, 0.15) is 17.2 Å². The first kappa shape index (κ1) is 18.8. The molecule has 2 aliphatic rings. The highest BCUT2D eigenvalue weighted by Crippen LogP contribution is 2.34. The molecule has 156 valence electrons.